The van der Waals surface area contributed by atoms with E-state index in [0.717, 1.165) is 16.9 Å². The Balaban J connectivity index is 1.89. The van der Waals surface area contributed by atoms with Crippen LogP contribution in [0, 0.1) is 5.92 Å². The first-order valence-corrected chi connectivity index (χ1v) is 7.53. The van der Waals surface area contributed by atoms with Gasteiger partial charge in [0.15, 0.2) is 0 Å². The third-order valence-corrected chi connectivity index (χ3v) is 4.40. The second-order valence-corrected chi connectivity index (χ2v) is 5.94. The summed E-state index contributed by atoms with van der Waals surface area (Å²) in [6.45, 7) is 3.80. The molecule has 2 unspecified atom stereocenters. The van der Waals surface area contributed by atoms with E-state index in [1.165, 1.54) is 50.5 Å². The number of allylic oxidation sites excluding steroid dienone is 1. The molecule has 0 bridgehead atoms. The third-order valence-electron chi connectivity index (χ3n) is 4.14. The molecule has 1 heteroatoms. The predicted octanol–water partition coefficient (Wildman–Crippen LogP) is 5.97. The molecule has 2 rings (SSSR count). The first-order valence-electron chi connectivity index (χ1n) is 7.16. The molecular weight excluding hydrogens is 240 g/mol. The molecule has 0 N–H and O–H groups in total. The maximum atomic E-state index is 5.95. The molecule has 0 aliphatic heterocycles. The Kier molecular flexibility index (Phi) is 5.31. The van der Waals surface area contributed by atoms with Gasteiger partial charge >= 0.3 is 0 Å². The number of hydrogen-bond donors (Lipinski definition) is 0. The Morgan fingerprint density at radius 1 is 1.22 bits per heavy atom. The van der Waals surface area contributed by atoms with Crippen LogP contribution in [0.4, 0.5) is 0 Å². The maximum Gasteiger partial charge on any atom is 0.0406 e. The first-order chi connectivity index (χ1) is 8.79. The largest absolute Gasteiger partial charge is 0.103 e. The fourth-order valence-corrected chi connectivity index (χ4v) is 3.27. The minimum atomic E-state index is 0.754. The Morgan fingerprint density at radius 2 is 2.00 bits per heavy atom. The van der Waals surface area contributed by atoms with E-state index < -0.39 is 0 Å². The van der Waals surface area contributed by atoms with E-state index in [4.69, 9.17) is 11.6 Å². The number of unbranched alkanes of at least 4 members (excludes halogenated alkanes) is 1. The molecule has 18 heavy (non-hydrogen) atoms. The standard InChI is InChI=1S/C17H23Cl/c1-2-3-4-6-14-7-5-8-16(13-14)15-9-11-17(18)12-10-15/h2,9-12,14,16H,1,3-8,13H2. The Hall–Kier alpha value is -0.750. The average molecular weight is 263 g/mol. The van der Waals surface area contributed by atoms with Gasteiger partial charge in [0.1, 0.15) is 0 Å². The van der Waals surface area contributed by atoms with Crippen LogP contribution in [0.5, 0.6) is 0 Å². The van der Waals surface area contributed by atoms with Gasteiger partial charge in [-0.2, -0.15) is 0 Å². The van der Waals surface area contributed by atoms with Crippen molar-refractivity contribution in [2.24, 2.45) is 5.92 Å². The monoisotopic (exact) mass is 262 g/mol. The van der Waals surface area contributed by atoms with Gasteiger partial charge in [0, 0.05) is 5.02 Å². The summed E-state index contributed by atoms with van der Waals surface area (Å²) < 4.78 is 0. The van der Waals surface area contributed by atoms with E-state index in [9.17, 15) is 0 Å². The van der Waals surface area contributed by atoms with Crippen molar-refractivity contribution in [3.05, 3.63) is 47.5 Å². The summed E-state index contributed by atoms with van der Waals surface area (Å²) in [5.74, 6) is 1.67. The van der Waals surface area contributed by atoms with E-state index in [-0.39, 0.29) is 0 Å². The molecule has 98 valence electrons. The zero-order valence-electron chi connectivity index (χ0n) is 11.1. The summed E-state index contributed by atoms with van der Waals surface area (Å²) in [5, 5.41) is 0.845. The zero-order chi connectivity index (χ0) is 12.8. The van der Waals surface area contributed by atoms with Crippen molar-refractivity contribution in [1.82, 2.24) is 0 Å². The fraction of sp³-hybridized carbons (Fsp3) is 0.529. The molecule has 0 radical (unpaired) electrons. The molecule has 2 atom stereocenters. The summed E-state index contributed by atoms with van der Waals surface area (Å²) in [6, 6.07) is 8.47. The molecule has 1 saturated carbocycles. The van der Waals surface area contributed by atoms with E-state index in [0.29, 0.717) is 0 Å². The maximum absolute atomic E-state index is 5.95. The predicted molar refractivity (Wildman–Crippen MR) is 80.2 cm³/mol. The molecule has 1 aliphatic carbocycles. The second kappa shape index (κ2) is 6.99. The van der Waals surface area contributed by atoms with Crippen LogP contribution in [0.15, 0.2) is 36.9 Å². The molecule has 0 amide bonds. The number of halogens is 1. The van der Waals surface area contributed by atoms with Gasteiger partial charge in [-0.1, -0.05) is 49.1 Å². The minimum Gasteiger partial charge on any atom is -0.103 e. The smallest absolute Gasteiger partial charge is 0.0406 e. The van der Waals surface area contributed by atoms with E-state index in [1.54, 1.807) is 0 Å². The molecule has 1 fully saturated rings. The van der Waals surface area contributed by atoms with E-state index in [1.807, 2.05) is 18.2 Å². The first kappa shape index (κ1) is 13.7. The van der Waals surface area contributed by atoms with Crippen molar-refractivity contribution in [3.8, 4) is 0 Å². The summed E-state index contributed by atoms with van der Waals surface area (Å²) in [4.78, 5) is 0. The van der Waals surface area contributed by atoms with Crippen LogP contribution >= 0.6 is 11.6 Å². The SMILES string of the molecule is C=CCCCC1CCCC(c2ccc(Cl)cc2)C1. The molecule has 0 spiro atoms. The average Bonchev–Trinajstić information content (AvgIpc) is 2.40. The molecule has 1 aromatic carbocycles. The molecule has 0 saturated heterocycles. The van der Waals surface area contributed by atoms with Crippen molar-refractivity contribution in [3.63, 3.8) is 0 Å². The van der Waals surface area contributed by atoms with Crippen LogP contribution in [0.2, 0.25) is 5.02 Å². The van der Waals surface area contributed by atoms with Crippen LogP contribution in [-0.2, 0) is 0 Å². The lowest BCUT2D eigenvalue weighted by atomic mass is 9.76. The quantitative estimate of drug-likeness (QED) is 0.453. The lowest BCUT2D eigenvalue weighted by Gasteiger charge is -2.29. The molecular formula is C17H23Cl. The molecule has 1 aromatic rings. The van der Waals surface area contributed by atoms with Gasteiger partial charge in [-0.15, -0.1) is 6.58 Å². The zero-order valence-corrected chi connectivity index (χ0v) is 11.8. The van der Waals surface area contributed by atoms with E-state index >= 15 is 0 Å². The van der Waals surface area contributed by atoms with Crippen molar-refractivity contribution < 1.29 is 0 Å². The van der Waals surface area contributed by atoms with Gasteiger partial charge in [-0.3, -0.25) is 0 Å². The summed E-state index contributed by atoms with van der Waals surface area (Å²) in [7, 11) is 0. The Bertz CT molecular complexity index is 366. The topological polar surface area (TPSA) is 0 Å². The molecule has 0 aromatic heterocycles. The van der Waals surface area contributed by atoms with Gasteiger partial charge in [-0.05, 0) is 55.2 Å². The Labute approximate surface area is 116 Å². The van der Waals surface area contributed by atoms with Crippen molar-refractivity contribution in [2.45, 2.75) is 50.9 Å². The van der Waals surface area contributed by atoms with Crippen LogP contribution < -0.4 is 0 Å². The normalized spacial score (nSPS) is 23.8. The van der Waals surface area contributed by atoms with E-state index in [2.05, 4.69) is 18.7 Å². The third kappa shape index (κ3) is 3.88. The summed E-state index contributed by atoms with van der Waals surface area (Å²) in [5.41, 5.74) is 1.48. The van der Waals surface area contributed by atoms with Gasteiger partial charge in [-0.25, -0.2) is 0 Å². The van der Waals surface area contributed by atoms with Crippen molar-refractivity contribution >= 4 is 11.6 Å². The minimum absolute atomic E-state index is 0.754. The van der Waals surface area contributed by atoms with Gasteiger partial charge in [0.25, 0.3) is 0 Å². The summed E-state index contributed by atoms with van der Waals surface area (Å²) >= 11 is 5.95. The highest BCUT2D eigenvalue weighted by Gasteiger charge is 2.22. The fourth-order valence-electron chi connectivity index (χ4n) is 3.14. The highest BCUT2D eigenvalue weighted by Crippen LogP contribution is 2.38. The Morgan fingerprint density at radius 3 is 2.72 bits per heavy atom. The lowest BCUT2D eigenvalue weighted by molar-refractivity contribution is 0.301. The lowest BCUT2D eigenvalue weighted by Crippen LogP contribution is -2.14. The van der Waals surface area contributed by atoms with Crippen molar-refractivity contribution in [2.75, 3.05) is 0 Å². The highest BCUT2D eigenvalue weighted by atomic mass is 35.5. The highest BCUT2D eigenvalue weighted by molar-refractivity contribution is 6.30. The van der Waals surface area contributed by atoms with Gasteiger partial charge in [0.05, 0.1) is 0 Å². The van der Waals surface area contributed by atoms with Crippen LogP contribution in [0.25, 0.3) is 0 Å². The van der Waals surface area contributed by atoms with Gasteiger partial charge < -0.3 is 0 Å². The van der Waals surface area contributed by atoms with Gasteiger partial charge in [0.2, 0.25) is 0 Å². The second-order valence-electron chi connectivity index (χ2n) is 5.50. The molecule has 0 nitrogen and oxygen atoms in total. The number of hydrogen-bond acceptors (Lipinski definition) is 0. The molecule has 1 aliphatic rings. The summed E-state index contributed by atoms with van der Waals surface area (Å²) in [6.07, 6.45) is 11.4. The van der Waals surface area contributed by atoms with Crippen molar-refractivity contribution in [1.29, 1.82) is 0 Å². The van der Waals surface area contributed by atoms with Crippen LogP contribution in [0.3, 0.4) is 0 Å². The number of benzene rings is 1. The van der Waals surface area contributed by atoms with Crippen LogP contribution in [0.1, 0.15) is 56.4 Å². The van der Waals surface area contributed by atoms with Crippen LogP contribution in [-0.4, -0.2) is 0 Å². The molecule has 0 heterocycles. The number of rotatable bonds is 5.